The van der Waals surface area contributed by atoms with Crippen LogP contribution in [-0.2, 0) is 0 Å². The van der Waals surface area contributed by atoms with E-state index in [1.165, 1.54) is 16.9 Å². The highest BCUT2D eigenvalue weighted by molar-refractivity contribution is 6.57. The van der Waals surface area contributed by atoms with Crippen molar-refractivity contribution in [2.45, 2.75) is 12.8 Å². The molecule has 0 amide bonds. The van der Waals surface area contributed by atoms with Crippen LogP contribution in [0.4, 0.5) is 0 Å². The van der Waals surface area contributed by atoms with Crippen LogP contribution in [0.2, 0.25) is 0 Å². The monoisotopic (exact) mass is 180 g/mol. The third kappa shape index (κ3) is 1.63. The molecule has 1 aliphatic carbocycles. The number of carbonyl (C=O) groups is 1. The summed E-state index contributed by atoms with van der Waals surface area (Å²) in [6.07, 6.45) is 3.28. The molecular formula is C7H9BN2O3. The van der Waals surface area contributed by atoms with E-state index in [2.05, 4.69) is 5.10 Å². The molecule has 0 unspecified atom stereocenters. The molecule has 68 valence electrons. The standard InChI is InChI=1S/C7H9BN2O3/c11-7(5-1-2-5)10-4-3-6(9-10)8(12)13/h3-5,12-13H,1-2H2. The fraction of sp³-hybridized carbons (Fsp3) is 0.429. The Morgan fingerprint density at radius 2 is 2.31 bits per heavy atom. The normalized spacial score (nSPS) is 15.8. The summed E-state index contributed by atoms with van der Waals surface area (Å²) in [5.41, 5.74) is 0.106. The summed E-state index contributed by atoms with van der Waals surface area (Å²) >= 11 is 0. The van der Waals surface area contributed by atoms with E-state index in [4.69, 9.17) is 10.0 Å². The molecule has 1 aromatic rings. The van der Waals surface area contributed by atoms with Crippen LogP contribution in [0, 0.1) is 5.92 Å². The lowest BCUT2D eigenvalue weighted by molar-refractivity contribution is 0.0870. The second kappa shape index (κ2) is 2.97. The van der Waals surface area contributed by atoms with Gasteiger partial charge in [-0.2, -0.15) is 5.10 Å². The van der Waals surface area contributed by atoms with E-state index < -0.39 is 7.12 Å². The van der Waals surface area contributed by atoms with Gasteiger partial charge in [0, 0.05) is 12.1 Å². The van der Waals surface area contributed by atoms with Gasteiger partial charge in [0.1, 0.15) is 0 Å². The molecule has 1 fully saturated rings. The topological polar surface area (TPSA) is 75.4 Å². The third-order valence-electron chi connectivity index (χ3n) is 2.03. The first-order chi connectivity index (χ1) is 6.18. The molecule has 2 rings (SSSR count). The van der Waals surface area contributed by atoms with Crippen molar-refractivity contribution in [2.24, 2.45) is 5.92 Å². The lowest BCUT2D eigenvalue weighted by atomic mass is 9.87. The molecule has 1 aliphatic rings. The number of rotatable bonds is 2. The molecule has 0 aromatic carbocycles. The highest BCUT2D eigenvalue weighted by Gasteiger charge is 2.31. The maximum absolute atomic E-state index is 11.4. The number of nitrogens with zero attached hydrogens (tertiary/aromatic N) is 2. The summed E-state index contributed by atoms with van der Waals surface area (Å²) in [4.78, 5) is 11.4. The molecule has 0 spiro atoms. The predicted molar refractivity (Wildman–Crippen MR) is 45.4 cm³/mol. The van der Waals surface area contributed by atoms with Gasteiger partial charge in [0.15, 0.2) is 0 Å². The zero-order chi connectivity index (χ0) is 9.42. The van der Waals surface area contributed by atoms with E-state index in [9.17, 15) is 4.79 Å². The van der Waals surface area contributed by atoms with Crippen LogP contribution in [0.3, 0.4) is 0 Å². The Labute approximate surface area is 75.1 Å². The Kier molecular flexibility index (Phi) is 1.93. The van der Waals surface area contributed by atoms with Crippen molar-refractivity contribution >= 4 is 18.6 Å². The minimum absolute atomic E-state index is 0.0631. The van der Waals surface area contributed by atoms with Crippen LogP contribution in [0.1, 0.15) is 17.6 Å². The number of hydrogen-bond donors (Lipinski definition) is 2. The molecule has 5 nitrogen and oxygen atoms in total. The van der Waals surface area contributed by atoms with Crippen LogP contribution in [-0.4, -0.2) is 32.9 Å². The highest BCUT2D eigenvalue weighted by atomic mass is 16.4. The average molecular weight is 180 g/mol. The van der Waals surface area contributed by atoms with Gasteiger partial charge in [-0.25, -0.2) is 4.68 Å². The van der Waals surface area contributed by atoms with Crippen LogP contribution >= 0.6 is 0 Å². The molecule has 13 heavy (non-hydrogen) atoms. The van der Waals surface area contributed by atoms with Crippen molar-refractivity contribution in [3.05, 3.63) is 12.3 Å². The second-order valence-electron chi connectivity index (χ2n) is 3.17. The van der Waals surface area contributed by atoms with Gasteiger partial charge in [-0.05, 0) is 18.9 Å². The summed E-state index contributed by atoms with van der Waals surface area (Å²) in [7, 11) is -1.60. The second-order valence-corrected chi connectivity index (χ2v) is 3.17. The van der Waals surface area contributed by atoms with E-state index in [0.29, 0.717) is 0 Å². The van der Waals surface area contributed by atoms with Crippen LogP contribution in [0.5, 0.6) is 0 Å². The quantitative estimate of drug-likeness (QED) is 0.549. The zero-order valence-corrected chi connectivity index (χ0v) is 6.92. The van der Waals surface area contributed by atoms with Crippen LogP contribution in [0.25, 0.3) is 0 Å². The molecule has 6 heteroatoms. The van der Waals surface area contributed by atoms with Gasteiger partial charge in [0.05, 0.1) is 5.59 Å². The van der Waals surface area contributed by atoms with Crippen molar-refractivity contribution < 1.29 is 14.8 Å². The maximum atomic E-state index is 11.4. The third-order valence-corrected chi connectivity index (χ3v) is 2.03. The number of hydrogen-bond acceptors (Lipinski definition) is 4. The predicted octanol–water partition coefficient (Wildman–Crippen LogP) is -1.39. The summed E-state index contributed by atoms with van der Waals surface area (Å²) in [6, 6.07) is 1.42. The summed E-state index contributed by atoms with van der Waals surface area (Å²) < 4.78 is 1.17. The minimum Gasteiger partial charge on any atom is -0.422 e. The smallest absolute Gasteiger partial charge is 0.422 e. The molecule has 0 radical (unpaired) electrons. The van der Waals surface area contributed by atoms with Gasteiger partial charge < -0.3 is 10.0 Å². The summed E-state index contributed by atoms with van der Waals surface area (Å²) in [5.74, 6) is 0.0236. The average Bonchev–Trinajstić information content (AvgIpc) is 2.81. The fourth-order valence-electron chi connectivity index (χ4n) is 1.12. The fourth-order valence-corrected chi connectivity index (χ4v) is 1.12. The largest absolute Gasteiger partial charge is 0.510 e. The van der Waals surface area contributed by atoms with Crippen molar-refractivity contribution in [2.75, 3.05) is 0 Å². The summed E-state index contributed by atoms with van der Waals surface area (Å²) in [5, 5.41) is 21.2. The molecule has 1 aromatic heterocycles. The molecule has 0 saturated heterocycles. The Hall–Kier alpha value is -1.14. The van der Waals surface area contributed by atoms with Gasteiger partial charge in [-0.1, -0.05) is 0 Å². The molecular weight excluding hydrogens is 171 g/mol. The van der Waals surface area contributed by atoms with Crippen molar-refractivity contribution in [1.82, 2.24) is 9.78 Å². The van der Waals surface area contributed by atoms with Gasteiger partial charge in [0.2, 0.25) is 5.91 Å². The van der Waals surface area contributed by atoms with Crippen LogP contribution in [0.15, 0.2) is 12.3 Å². The van der Waals surface area contributed by atoms with Gasteiger partial charge >= 0.3 is 7.12 Å². The van der Waals surface area contributed by atoms with E-state index >= 15 is 0 Å². The minimum atomic E-state index is -1.60. The van der Waals surface area contributed by atoms with Gasteiger partial charge in [-0.15, -0.1) is 0 Å². The van der Waals surface area contributed by atoms with Gasteiger partial charge in [-0.3, -0.25) is 4.79 Å². The lowest BCUT2D eigenvalue weighted by Crippen LogP contribution is -2.32. The SMILES string of the molecule is O=C(C1CC1)n1ccc(B(O)O)n1. The zero-order valence-electron chi connectivity index (χ0n) is 6.92. The summed E-state index contributed by atoms with van der Waals surface area (Å²) in [6.45, 7) is 0. The van der Waals surface area contributed by atoms with E-state index in [1.807, 2.05) is 0 Å². The molecule has 2 N–H and O–H groups in total. The Morgan fingerprint density at radius 3 is 2.77 bits per heavy atom. The van der Waals surface area contributed by atoms with Crippen LogP contribution < -0.4 is 5.59 Å². The Balaban J connectivity index is 2.16. The first-order valence-electron chi connectivity index (χ1n) is 4.14. The molecule has 1 saturated carbocycles. The molecule has 1 heterocycles. The van der Waals surface area contributed by atoms with Crippen molar-refractivity contribution in [1.29, 1.82) is 0 Å². The Morgan fingerprint density at radius 1 is 1.62 bits per heavy atom. The van der Waals surface area contributed by atoms with Crippen molar-refractivity contribution in [3.63, 3.8) is 0 Å². The first kappa shape index (κ1) is 8.46. The van der Waals surface area contributed by atoms with E-state index in [0.717, 1.165) is 12.8 Å². The molecule has 0 atom stereocenters. The first-order valence-corrected chi connectivity index (χ1v) is 4.14. The number of carbonyl (C=O) groups excluding carboxylic acids is 1. The highest BCUT2D eigenvalue weighted by Crippen LogP contribution is 2.30. The molecule has 0 bridgehead atoms. The van der Waals surface area contributed by atoms with E-state index in [-0.39, 0.29) is 17.4 Å². The Bertz CT molecular complexity index is 332. The van der Waals surface area contributed by atoms with Gasteiger partial charge in [0.25, 0.3) is 0 Å². The lowest BCUT2D eigenvalue weighted by Gasteiger charge is -1.96. The van der Waals surface area contributed by atoms with Crippen molar-refractivity contribution in [3.8, 4) is 0 Å². The maximum Gasteiger partial charge on any atom is 0.510 e. The number of aromatic nitrogens is 2. The molecule has 0 aliphatic heterocycles. The van der Waals surface area contributed by atoms with E-state index in [1.54, 1.807) is 0 Å².